The predicted molar refractivity (Wildman–Crippen MR) is 123 cm³/mol. The number of carbonyl (C=O) groups excluding carboxylic acids is 2. The van der Waals surface area contributed by atoms with Crippen LogP contribution in [-0.4, -0.2) is 98.9 Å². The number of methoxy groups -OCH3 is 1. The van der Waals surface area contributed by atoms with Crippen molar-refractivity contribution in [3.05, 3.63) is 53.9 Å². The monoisotopic (exact) mass is 488 g/mol. The third-order valence-electron chi connectivity index (χ3n) is 5.99. The van der Waals surface area contributed by atoms with Crippen LogP contribution in [0.2, 0.25) is 0 Å². The van der Waals surface area contributed by atoms with E-state index in [1.54, 1.807) is 22.1 Å². The van der Waals surface area contributed by atoms with Crippen molar-refractivity contribution in [3.63, 3.8) is 0 Å². The number of aromatic nitrogens is 1. The van der Waals surface area contributed by atoms with E-state index in [1.165, 1.54) is 29.6 Å². The first-order valence-corrected chi connectivity index (χ1v) is 12.6. The zero-order chi connectivity index (χ0) is 24.1. The SMILES string of the molecule is COc1ccc(S(=O)(=O)N2CCOCC2)cc1C(=O)N1CCN(C(=O)Cc2ccccn2)CC1. The van der Waals surface area contributed by atoms with Gasteiger partial charge in [-0.2, -0.15) is 4.31 Å². The van der Waals surface area contributed by atoms with Crippen LogP contribution in [0.25, 0.3) is 0 Å². The lowest BCUT2D eigenvalue weighted by atomic mass is 10.1. The van der Waals surface area contributed by atoms with Crippen LogP contribution in [0.3, 0.4) is 0 Å². The number of rotatable bonds is 6. The summed E-state index contributed by atoms with van der Waals surface area (Å²) in [4.78, 5) is 33.5. The van der Waals surface area contributed by atoms with Gasteiger partial charge in [-0.25, -0.2) is 8.42 Å². The normalized spacial score (nSPS) is 17.4. The molecule has 2 aliphatic rings. The zero-order valence-electron chi connectivity index (χ0n) is 19.1. The van der Waals surface area contributed by atoms with E-state index in [2.05, 4.69) is 4.98 Å². The Balaban J connectivity index is 1.45. The number of nitrogens with zero attached hydrogens (tertiary/aromatic N) is 4. The molecule has 2 amide bonds. The lowest BCUT2D eigenvalue weighted by Crippen LogP contribution is -2.51. The molecule has 2 fully saturated rings. The minimum absolute atomic E-state index is 0.0398. The average Bonchev–Trinajstić information content (AvgIpc) is 2.89. The second kappa shape index (κ2) is 10.5. The van der Waals surface area contributed by atoms with Crippen molar-refractivity contribution in [3.8, 4) is 5.75 Å². The molecule has 10 nitrogen and oxygen atoms in total. The van der Waals surface area contributed by atoms with Gasteiger partial charge in [0, 0.05) is 51.2 Å². The van der Waals surface area contributed by atoms with Crippen LogP contribution in [0.15, 0.2) is 47.5 Å². The van der Waals surface area contributed by atoms with E-state index in [1.807, 2.05) is 12.1 Å². The van der Waals surface area contributed by atoms with Crippen LogP contribution in [0, 0.1) is 0 Å². The first-order valence-electron chi connectivity index (χ1n) is 11.1. The summed E-state index contributed by atoms with van der Waals surface area (Å²) in [5.41, 5.74) is 0.888. The summed E-state index contributed by atoms with van der Waals surface area (Å²) < 4.78 is 38.1. The molecule has 0 atom stereocenters. The van der Waals surface area contributed by atoms with Crippen molar-refractivity contribution < 1.29 is 27.5 Å². The van der Waals surface area contributed by atoms with Crippen molar-refractivity contribution in [1.29, 1.82) is 0 Å². The fourth-order valence-electron chi connectivity index (χ4n) is 4.05. The second-order valence-electron chi connectivity index (χ2n) is 8.05. The van der Waals surface area contributed by atoms with Crippen molar-refractivity contribution in [2.45, 2.75) is 11.3 Å². The molecular formula is C23H28N4O6S. The first kappa shape index (κ1) is 24.1. The highest BCUT2D eigenvalue weighted by Crippen LogP contribution is 2.26. The van der Waals surface area contributed by atoms with E-state index in [0.717, 1.165) is 0 Å². The largest absolute Gasteiger partial charge is 0.496 e. The molecular weight excluding hydrogens is 460 g/mol. The Morgan fingerprint density at radius 3 is 2.35 bits per heavy atom. The number of pyridine rings is 1. The molecule has 2 aliphatic heterocycles. The number of hydrogen-bond donors (Lipinski definition) is 0. The number of carbonyl (C=O) groups is 2. The molecule has 0 saturated carbocycles. The molecule has 0 radical (unpaired) electrons. The molecule has 0 N–H and O–H groups in total. The summed E-state index contributed by atoms with van der Waals surface area (Å²) >= 11 is 0. The van der Waals surface area contributed by atoms with Gasteiger partial charge < -0.3 is 19.3 Å². The van der Waals surface area contributed by atoms with Crippen molar-refractivity contribution in [2.24, 2.45) is 0 Å². The maximum atomic E-state index is 13.3. The minimum atomic E-state index is -3.76. The topological polar surface area (TPSA) is 109 Å². The number of morpholine rings is 1. The summed E-state index contributed by atoms with van der Waals surface area (Å²) in [5.74, 6) is -0.0609. The van der Waals surface area contributed by atoms with Gasteiger partial charge in [-0.3, -0.25) is 14.6 Å². The van der Waals surface area contributed by atoms with Gasteiger partial charge >= 0.3 is 0 Å². The van der Waals surface area contributed by atoms with Crippen LogP contribution in [0.5, 0.6) is 5.75 Å². The van der Waals surface area contributed by atoms with Crippen LogP contribution in [-0.2, 0) is 26.0 Å². The lowest BCUT2D eigenvalue weighted by Gasteiger charge is -2.35. The highest BCUT2D eigenvalue weighted by atomic mass is 32.2. The van der Waals surface area contributed by atoms with Crippen molar-refractivity contribution in [1.82, 2.24) is 19.1 Å². The molecule has 11 heteroatoms. The Morgan fingerprint density at radius 1 is 1.00 bits per heavy atom. The Labute approximate surface area is 199 Å². The highest BCUT2D eigenvalue weighted by molar-refractivity contribution is 7.89. The molecule has 0 unspecified atom stereocenters. The fraction of sp³-hybridized carbons (Fsp3) is 0.435. The van der Waals surface area contributed by atoms with E-state index in [0.29, 0.717) is 50.8 Å². The second-order valence-corrected chi connectivity index (χ2v) is 9.99. The van der Waals surface area contributed by atoms with Crippen LogP contribution >= 0.6 is 0 Å². The molecule has 0 bridgehead atoms. The summed E-state index contributed by atoms with van der Waals surface area (Å²) in [6.45, 7) is 2.69. The molecule has 1 aromatic heterocycles. The van der Waals surface area contributed by atoms with Gasteiger partial charge in [-0.15, -0.1) is 0 Å². The van der Waals surface area contributed by atoms with Crippen LogP contribution < -0.4 is 4.74 Å². The Kier molecular flexibility index (Phi) is 7.44. The summed E-state index contributed by atoms with van der Waals surface area (Å²) in [6.07, 6.45) is 1.87. The van der Waals surface area contributed by atoms with Crippen LogP contribution in [0.1, 0.15) is 16.1 Å². The molecule has 1 aromatic carbocycles. The summed E-state index contributed by atoms with van der Waals surface area (Å²) in [5, 5.41) is 0. The molecule has 0 spiro atoms. The van der Waals surface area contributed by atoms with Gasteiger partial charge in [0.15, 0.2) is 0 Å². The maximum Gasteiger partial charge on any atom is 0.257 e. The summed E-state index contributed by atoms with van der Waals surface area (Å²) in [6, 6.07) is 9.79. The fourth-order valence-corrected chi connectivity index (χ4v) is 5.48. The molecule has 4 rings (SSSR count). The molecule has 182 valence electrons. The third-order valence-corrected chi connectivity index (χ3v) is 7.88. The third kappa shape index (κ3) is 5.21. The number of amides is 2. The van der Waals surface area contributed by atoms with Gasteiger partial charge in [0.2, 0.25) is 15.9 Å². The van der Waals surface area contributed by atoms with Gasteiger partial charge in [0.25, 0.3) is 5.91 Å². The first-order chi connectivity index (χ1) is 16.4. The lowest BCUT2D eigenvalue weighted by molar-refractivity contribution is -0.132. The smallest absolute Gasteiger partial charge is 0.257 e. The number of piperazine rings is 1. The quantitative estimate of drug-likeness (QED) is 0.587. The minimum Gasteiger partial charge on any atom is -0.496 e. The van der Waals surface area contributed by atoms with E-state index in [4.69, 9.17) is 9.47 Å². The highest BCUT2D eigenvalue weighted by Gasteiger charge is 2.30. The summed E-state index contributed by atoms with van der Waals surface area (Å²) in [7, 11) is -2.31. The van der Waals surface area contributed by atoms with Gasteiger partial charge in [-0.1, -0.05) is 6.07 Å². The van der Waals surface area contributed by atoms with Gasteiger partial charge in [-0.05, 0) is 30.3 Å². The van der Waals surface area contributed by atoms with Crippen molar-refractivity contribution >= 4 is 21.8 Å². The standard InChI is InChI=1S/C23H28N4O6S/c1-32-21-6-5-19(34(30,31)27-12-14-33-15-13-27)17-20(21)23(29)26-10-8-25(9-11-26)22(28)16-18-4-2-3-7-24-18/h2-7,17H,8-16H2,1H3. The van der Waals surface area contributed by atoms with E-state index >= 15 is 0 Å². The van der Waals surface area contributed by atoms with E-state index in [-0.39, 0.29) is 41.8 Å². The average molecular weight is 489 g/mol. The van der Waals surface area contributed by atoms with E-state index < -0.39 is 10.0 Å². The number of benzene rings is 1. The number of sulfonamides is 1. The Hall–Kier alpha value is -3.02. The molecule has 34 heavy (non-hydrogen) atoms. The number of hydrogen-bond acceptors (Lipinski definition) is 7. The van der Waals surface area contributed by atoms with Gasteiger partial charge in [0.05, 0.1) is 37.2 Å². The molecule has 3 heterocycles. The van der Waals surface area contributed by atoms with E-state index in [9.17, 15) is 18.0 Å². The van der Waals surface area contributed by atoms with Crippen molar-refractivity contribution in [2.75, 3.05) is 59.6 Å². The van der Waals surface area contributed by atoms with Crippen LogP contribution in [0.4, 0.5) is 0 Å². The Morgan fingerprint density at radius 2 is 1.71 bits per heavy atom. The predicted octanol–water partition coefficient (Wildman–Crippen LogP) is 0.638. The molecule has 2 saturated heterocycles. The van der Waals surface area contributed by atoms with Gasteiger partial charge in [0.1, 0.15) is 5.75 Å². The molecule has 0 aliphatic carbocycles. The number of ether oxygens (including phenoxy) is 2. The maximum absolute atomic E-state index is 13.3. The Bertz CT molecular complexity index is 1130. The molecule has 2 aromatic rings. The zero-order valence-corrected chi connectivity index (χ0v) is 19.9.